The molecule has 0 aliphatic rings. The molecule has 0 atom stereocenters. The summed E-state index contributed by atoms with van der Waals surface area (Å²) < 4.78 is 0. The minimum Gasteiger partial charge on any atom is -0.330 e. The van der Waals surface area contributed by atoms with E-state index in [1.54, 1.807) is 24.3 Å². The molecule has 25 heavy (non-hydrogen) atoms. The lowest BCUT2D eigenvalue weighted by molar-refractivity contribution is 0.0519. The van der Waals surface area contributed by atoms with E-state index in [-0.39, 0.29) is 5.11 Å². The molecule has 3 rings (SSSR count). The van der Waals surface area contributed by atoms with Gasteiger partial charge in [0.1, 0.15) is 0 Å². The maximum atomic E-state index is 12.4. The maximum Gasteiger partial charge on any atom is 0.363 e. The molecule has 124 valence electrons. The topological polar surface area (TPSA) is 41.6 Å². The van der Waals surface area contributed by atoms with Gasteiger partial charge in [-0.05, 0) is 48.6 Å². The first-order valence-corrected chi connectivity index (χ1v) is 8.13. The molecule has 0 amide bonds. The molecule has 0 heterocycles. The first kappa shape index (κ1) is 16.7. The summed E-state index contributed by atoms with van der Waals surface area (Å²) >= 11 is 5.45. The second kappa shape index (κ2) is 8.08. The lowest BCUT2D eigenvalue weighted by atomic mass is 10.2. The molecule has 1 N–H and O–H groups in total. The Morgan fingerprint density at radius 2 is 1.32 bits per heavy atom. The van der Waals surface area contributed by atoms with Crippen LogP contribution in [0.2, 0.25) is 0 Å². The van der Waals surface area contributed by atoms with Gasteiger partial charge in [-0.1, -0.05) is 54.6 Å². The fourth-order valence-corrected chi connectivity index (χ4v) is 2.44. The minimum atomic E-state index is -0.485. The van der Waals surface area contributed by atoms with Crippen LogP contribution in [0, 0.1) is 0 Å². The van der Waals surface area contributed by atoms with Gasteiger partial charge in [-0.25, -0.2) is 4.79 Å². The van der Waals surface area contributed by atoms with Gasteiger partial charge in [-0.15, -0.1) is 5.06 Å². The van der Waals surface area contributed by atoms with E-state index in [4.69, 9.17) is 17.1 Å². The SMILES string of the molecule is O=C(ON(C(=S)Nc1ccccc1)c1ccccc1)c1ccccc1. The Morgan fingerprint density at radius 3 is 1.92 bits per heavy atom. The summed E-state index contributed by atoms with van der Waals surface area (Å²) in [5.41, 5.74) is 1.91. The van der Waals surface area contributed by atoms with E-state index in [1.807, 2.05) is 66.7 Å². The predicted molar refractivity (Wildman–Crippen MR) is 103 cm³/mol. The van der Waals surface area contributed by atoms with E-state index in [1.165, 1.54) is 5.06 Å². The van der Waals surface area contributed by atoms with Crippen molar-refractivity contribution in [2.75, 3.05) is 10.4 Å². The molecule has 0 fully saturated rings. The minimum absolute atomic E-state index is 0.265. The summed E-state index contributed by atoms with van der Waals surface area (Å²) in [7, 11) is 0. The zero-order valence-electron chi connectivity index (χ0n) is 13.3. The fraction of sp³-hybridized carbons (Fsp3) is 0. The molecule has 4 nitrogen and oxygen atoms in total. The lowest BCUT2D eigenvalue weighted by Gasteiger charge is -2.24. The lowest BCUT2D eigenvalue weighted by Crippen LogP contribution is -2.36. The molecule has 3 aromatic carbocycles. The van der Waals surface area contributed by atoms with Crippen LogP contribution in [-0.2, 0) is 4.84 Å². The van der Waals surface area contributed by atoms with Gasteiger partial charge in [0.25, 0.3) is 0 Å². The largest absolute Gasteiger partial charge is 0.363 e. The number of carbonyl (C=O) groups excluding carboxylic acids is 1. The smallest absolute Gasteiger partial charge is 0.330 e. The number of hydroxylamine groups is 1. The van der Waals surface area contributed by atoms with E-state index in [0.717, 1.165) is 5.69 Å². The van der Waals surface area contributed by atoms with Crippen LogP contribution in [0.1, 0.15) is 10.4 Å². The van der Waals surface area contributed by atoms with Crippen molar-refractivity contribution in [2.24, 2.45) is 0 Å². The van der Waals surface area contributed by atoms with Crippen LogP contribution >= 0.6 is 12.2 Å². The van der Waals surface area contributed by atoms with Crippen molar-refractivity contribution < 1.29 is 9.63 Å². The highest BCUT2D eigenvalue weighted by Crippen LogP contribution is 2.18. The fourth-order valence-electron chi connectivity index (χ4n) is 2.18. The number of benzene rings is 3. The van der Waals surface area contributed by atoms with Crippen molar-refractivity contribution in [3.8, 4) is 0 Å². The molecule has 0 spiro atoms. The van der Waals surface area contributed by atoms with Crippen LogP contribution < -0.4 is 10.4 Å². The Hall–Kier alpha value is -3.18. The van der Waals surface area contributed by atoms with Crippen molar-refractivity contribution in [1.29, 1.82) is 0 Å². The number of nitrogens with one attached hydrogen (secondary N) is 1. The number of para-hydroxylation sites is 2. The van der Waals surface area contributed by atoms with Gasteiger partial charge in [0, 0.05) is 5.69 Å². The summed E-state index contributed by atoms with van der Waals surface area (Å²) in [4.78, 5) is 18.0. The van der Waals surface area contributed by atoms with Gasteiger partial charge in [0.2, 0.25) is 5.11 Å². The van der Waals surface area contributed by atoms with Crippen LogP contribution in [0.3, 0.4) is 0 Å². The number of hydrogen-bond acceptors (Lipinski definition) is 3. The molecule has 5 heteroatoms. The van der Waals surface area contributed by atoms with E-state index in [2.05, 4.69) is 5.32 Å². The monoisotopic (exact) mass is 348 g/mol. The highest BCUT2D eigenvalue weighted by molar-refractivity contribution is 7.80. The van der Waals surface area contributed by atoms with E-state index < -0.39 is 5.97 Å². The highest BCUT2D eigenvalue weighted by Gasteiger charge is 2.19. The molecule has 3 aromatic rings. The first-order valence-electron chi connectivity index (χ1n) is 7.72. The van der Waals surface area contributed by atoms with E-state index in [0.29, 0.717) is 11.3 Å². The van der Waals surface area contributed by atoms with Crippen LogP contribution in [-0.4, -0.2) is 11.1 Å². The highest BCUT2D eigenvalue weighted by atomic mass is 32.1. The predicted octanol–water partition coefficient (Wildman–Crippen LogP) is 4.66. The van der Waals surface area contributed by atoms with Crippen molar-refractivity contribution >= 4 is 34.7 Å². The quantitative estimate of drug-likeness (QED) is 0.551. The molecule has 0 bridgehead atoms. The second-order valence-corrected chi connectivity index (χ2v) is 5.56. The van der Waals surface area contributed by atoms with E-state index in [9.17, 15) is 4.79 Å². The van der Waals surface area contributed by atoms with Crippen LogP contribution in [0.15, 0.2) is 91.0 Å². The molecular formula is C20H16N2O2S. The molecule has 0 aromatic heterocycles. The summed E-state index contributed by atoms with van der Waals surface area (Å²) in [6, 6.07) is 27.5. The number of anilines is 2. The third-order valence-corrected chi connectivity index (χ3v) is 3.65. The van der Waals surface area contributed by atoms with Crippen molar-refractivity contribution in [1.82, 2.24) is 0 Å². The third-order valence-electron chi connectivity index (χ3n) is 3.38. The molecule has 0 saturated heterocycles. The van der Waals surface area contributed by atoms with Gasteiger partial charge in [-0.2, -0.15) is 0 Å². The number of rotatable bonds is 3. The van der Waals surface area contributed by atoms with Crippen LogP contribution in [0.25, 0.3) is 0 Å². The normalized spacial score (nSPS) is 9.92. The van der Waals surface area contributed by atoms with Gasteiger partial charge < -0.3 is 10.2 Å². The standard InChI is InChI=1S/C20H16N2O2S/c23-19(16-10-4-1-5-11-16)24-22(18-14-8-3-9-15-18)20(25)21-17-12-6-2-7-13-17/h1-15H,(H,21,25). The van der Waals surface area contributed by atoms with Crippen molar-refractivity contribution in [3.63, 3.8) is 0 Å². The molecule has 0 unspecified atom stereocenters. The molecule has 0 saturated carbocycles. The summed E-state index contributed by atoms with van der Waals surface area (Å²) in [6.45, 7) is 0. The maximum absolute atomic E-state index is 12.4. The molecule has 0 radical (unpaired) electrons. The Kier molecular flexibility index (Phi) is 5.39. The van der Waals surface area contributed by atoms with Crippen LogP contribution in [0.4, 0.5) is 11.4 Å². The van der Waals surface area contributed by atoms with Crippen LogP contribution in [0.5, 0.6) is 0 Å². The zero-order valence-corrected chi connectivity index (χ0v) is 14.1. The van der Waals surface area contributed by atoms with Gasteiger partial charge in [-0.3, -0.25) is 0 Å². The second-order valence-electron chi connectivity index (χ2n) is 5.17. The average Bonchev–Trinajstić information content (AvgIpc) is 2.68. The zero-order chi connectivity index (χ0) is 17.5. The Labute approximate surface area is 151 Å². The van der Waals surface area contributed by atoms with E-state index >= 15 is 0 Å². The first-order chi connectivity index (χ1) is 12.2. The Bertz CT molecular complexity index is 839. The summed E-state index contributed by atoms with van der Waals surface area (Å²) in [5.74, 6) is -0.485. The average molecular weight is 348 g/mol. The molecule has 0 aliphatic heterocycles. The van der Waals surface area contributed by atoms with Crippen molar-refractivity contribution in [3.05, 3.63) is 96.6 Å². The van der Waals surface area contributed by atoms with Gasteiger partial charge >= 0.3 is 5.97 Å². The third kappa shape index (κ3) is 4.43. The summed E-state index contributed by atoms with van der Waals surface area (Å²) in [6.07, 6.45) is 0. The number of hydrogen-bond donors (Lipinski definition) is 1. The van der Waals surface area contributed by atoms with Crippen molar-refractivity contribution in [2.45, 2.75) is 0 Å². The number of thiocarbonyl (C=S) groups is 1. The Balaban J connectivity index is 1.83. The van der Waals surface area contributed by atoms with Gasteiger partial charge in [0.05, 0.1) is 11.3 Å². The number of carbonyl (C=O) groups is 1. The molecule has 0 aliphatic carbocycles. The summed E-state index contributed by atoms with van der Waals surface area (Å²) in [5, 5.41) is 4.66. The number of nitrogens with zero attached hydrogens (tertiary/aromatic N) is 1. The Morgan fingerprint density at radius 1 is 0.800 bits per heavy atom. The van der Waals surface area contributed by atoms with Gasteiger partial charge in [0.15, 0.2) is 0 Å². The molecular weight excluding hydrogens is 332 g/mol.